The molecule has 0 bridgehead atoms. The van der Waals surface area contributed by atoms with Crippen LogP contribution in [-0.2, 0) is 11.3 Å². The number of hydrogen-bond donors (Lipinski definition) is 1. The number of nitrogens with zero attached hydrogens (tertiary/aromatic N) is 3. The van der Waals surface area contributed by atoms with E-state index in [4.69, 9.17) is 4.42 Å². The number of fused-ring (bicyclic) bond motifs is 1. The van der Waals surface area contributed by atoms with Gasteiger partial charge in [0.25, 0.3) is 5.56 Å². The lowest BCUT2D eigenvalue weighted by Crippen LogP contribution is -2.45. The molecule has 1 atom stereocenters. The number of carboxylic acids is 1. The summed E-state index contributed by atoms with van der Waals surface area (Å²) in [5.74, 6) is -1.27. The standard InChI is InChI=1S/C17H21N3O5/c1-3-11-6-4-5-7-20(11)12(21)8-19-9-18-15-14(16(19)22)13(17(23)24)10(2)25-15/h9,11H,3-8H2,1-2H3,(H,23,24)/t11-/m1/s1. The molecular formula is C17H21N3O5. The van der Waals surface area contributed by atoms with Crippen molar-refractivity contribution in [2.24, 2.45) is 0 Å². The van der Waals surface area contributed by atoms with Crippen LogP contribution >= 0.6 is 0 Å². The third-order valence-electron chi connectivity index (χ3n) is 4.79. The highest BCUT2D eigenvalue weighted by atomic mass is 16.4. The maximum Gasteiger partial charge on any atom is 0.340 e. The molecule has 1 fully saturated rings. The van der Waals surface area contributed by atoms with E-state index in [2.05, 4.69) is 4.98 Å². The summed E-state index contributed by atoms with van der Waals surface area (Å²) in [4.78, 5) is 42.5. The van der Waals surface area contributed by atoms with Crippen LogP contribution in [0.25, 0.3) is 11.1 Å². The van der Waals surface area contributed by atoms with E-state index in [9.17, 15) is 19.5 Å². The van der Waals surface area contributed by atoms with Gasteiger partial charge < -0.3 is 14.4 Å². The molecule has 25 heavy (non-hydrogen) atoms. The minimum atomic E-state index is -1.25. The normalized spacial score (nSPS) is 17.8. The lowest BCUT2D eigenvalue weighted by atomic mass is 10.00. The minimum Gasteiger partial charge on any atom is -0.478 e. The van der Waals surface area contributed by atoms with Crippen LogP contribution in [0.5, 0.6) is 0 Å². The Labute approximate surface area is 144 Å². The van der Waals surface area contributed by atoms with Gasteiger partial charge in [0.2, 0.25) is 11.6 Å². The molecule has 8 nitrogen and oxygen atoms in total. The smallest absolute Gasteiger partial charge is 0.340 e. The van der Waals surface area contributed by atoms with E-state index in [-0.39, 0.29) is 40.9 Å². The summed E-state index contributed by atoms with van der Waals surface area (Å²) in [5.41, 5.74) is -0.788. The fourth-order valence-corrected chi connectivity index (χ4v) is 3.50. The first-order valence-electron chi connectivity index (χ1n) is 8.45. The lowest BCUT2D eigenvalue weighted by molar-refractivity contribution is -0.135. The molecule has 1 amide bonds. The third kappa shape index (κ3) is 3.04. The number of amides is 1. The summed E-state index contributed by atoms with van der Waals surface area (Å²) in [5, 5.41) is 9.22. The van der Waals surface area contributed by atoms with Crippen LogP contribution in [0, 0.1) is 6.92 Å². The van der Waals surface area contributed by atoms with Gasteiger partial charge in [-0.3, -0.25) is 14.2 Å². The van der Waals surface area contributed by atoms with E-state index in [0.29, 0.717) is 6.54 Å². The number of aromatic carboxylic acids is 1. The van der Waals surface area contributed by atoms with E-state index < -0.39 is 11.5 Å². The average molecular weight is 347 g/mol. The van der Waals surface area contributed by atoms with Gasteiger partial charge in [-0.05, 0) is 32.6 Å². The van der Waals surface area contributed by atoms with Crippen molar-refractivity contribution in [3.63, 3.8) is 0 Å². The highest BCUT2D eigenvalue weighted by Crippen LogP contribution is 2.22. The first kappa shape index (κ1) is 17.2. The average Bonchev–Trinajstić information content (AvgIpc) is 2.94. The second-order valence-corrected chi connectivity index (χ2v) is 6.34. The van der Waals surface area contributed by atoms with E-state index in [1.807, 2.05) is 11.8 Å². The molecule has 1 N–H and O–H groups in total. The number of likely N-dealkylation sites (tertiary alicyclic amines) is 1. The Morgan fingerprint density at radius 3 is 2.84 bits per heavy atom. The molecule has 3 heterocycles. The second-order valence-electron chi connectivity index (χ2n) is 6.34. The number of piperidine rings is 1. The van der Waals surface area contributed by atoms with Gasteiger partial charge in [-0.2, -0.15) is 0 Å². The summed E-state index contributed by atoms with van der Waals surface area (Å²) in [7, 11) is 0. The van der Waals surface area contributed by atoms with Crippen LogP contribution in [-0.4, -0.2) is 44.0 Å². The Morgan fingerprint density at radius 1 is 1.40 bits per heavy atom. The van der Waals surface area contributed by atoms with E-state index >= 15 is 0 Å². The topological polar surface area (TPSA) is 106 Å². The van der Waals surface area contributed by atoms with Crippen molar-refractivity contribution in [3.8, 4) is 0 Å². The van der Waals surface area contributed by atoms with Crippen LogP contribution in [0.4, 0.5) is 0 Å². The summed E-state index contributed by atoms with van der Waals surface area (Å²) < 4.78 is 6.41. The Morgan fingerprint density at radius 2 is 2.16 bits per heavy atom. The molecule has 2 aromatic rings. The number of rotatable bonds is 4. The molecule has 1 aliphatic heterocycles. The van der Waals surface area contributed by atoms with E-state index in [1.54, 1.807) is 0 Å². The van der Waals surface area contributed by atoms with Gasteiger partial charge in [-0.25, -0.2) is 9.78 Å². The molecule has 3 rings (SSSR count). The van der Waals surface area contributed by atoms with Gasteiger partial charge in [0.15, 0.2) is 0 Å². The van der Waals surface area contributed by atoms with Gasteiger partial charge in [0, 0.05) is 12.6 Å². The Kier molecular flexibility index (Phi) is 4.61. The molecule has 8 heteroatoms. The van der Waals surface area contributed by atoms with Crippen molar-refractivity contribution in [1.29, 1.82) is 0 Å². The van der Waals surface area contributed by atoms with Crippen molar-refractivity contribution < 1.29 is 19.1 Å². The van der Waals surface area contributed by atoms with Crippen molar-refractivity contribution in [1.82, 2.24) is 14.5 Å². The molecule has 0 aliphatic carbocycles. The fraction of sp³-hybridized carbons (Fsp3) is 0.529. The number of carboxylic acid groups (broad SMARTS) is 1. The number of aryl methyl sites for hydroxylation is 1. The molecule has 0 radical (unpaired) electrons. The maximum absolute atomic E-state index is 12.7. The Hall–Kier alpha value is -2.64. The van der Waals surface area contributed by atoms with Crippen LogP contribution in [0.3, 0.4) is 0 Å². The van der Waals surface area contributed by atoms with Crippen LogP contribution < -0.4 is 5.56 Å². The van der Waals surface area contributed by atoms with Crippen molar-refractivity contribution in [3.05, 3.63) is 28.0 Å². The van der Waals surface area contributed by atoms with Gasteiger partial charge in [0.05, 0.1) is 0 Å². The summed E-state index contributed by atoms with van der Waals surface area (Å²) in [6.45, 7) is 4.05. The summed E-state index contributed by atoms with van der Waals surface area (Å²) >= 11 is 0. The highest BCUT2D eigenvalue weighted by Gasteiger charge is 2.27. The lowest BCUT2D eigenvalue weighted by Gasteiger charge is -2.35. The number of hydrogen-bond acceptors (Lipinski definition) is 5. The monoisotopic (exact) mass is 347 g/mol. The fourth-order valence-electron chi connectivity index (χ4n) is 3.50. The highest BCUT2D eigenvalue weighted by molar-refractivity contribution is 6.02. The van der Waals surface area contributed by atoms with Crippen molar-refractivity contribution in [2.75, 3.05) is 6.54 Å². The molecule has 0 spiro atoms. The van der Waals surface area contributed by atoms with E-state index in [0.717, 1.165) is 30.3 Å². The SMILES string of the molecule is CC[C@@H]1CCCCN1C(=O)Cn1cnc2oc(C)c(C(=O)O)c2c1=O. The first-order chi connectivity index (χ1) is 11.9. The molecular weight excluding hydrogens is 326 g/mol. The Bertz CT molecular complexity index is 882. The van der Waals surface area contributed by atoms with Crippen LogP contribution in [0.15, 0.2) is 15.5 Å². The number of aromatic nitrogens is 2. The quantitative estimate of drug-likeness (QED) is 0.904. The molecule has 134 valence electrons. The predicted octanol–water partition coefficient (Wildman–Crippen LogP) is 1.79. The molecule has 0 saturated carbocycles. The zero-order valence-corrected chi connectivity index (χ0v) is 14.3. The van der Waals surface area contributed by atoms with Gasteiger partial charge in [0.1, 0.15) is 29.6 Å². The van der Waals surface area contributed by atoms with Crippen LogP contribution in [0.2, 0.25) is 0 Å². The summed E-state index contributed by atoms with van der Waals surface area (Å²) in [6.07, 6.45) is 5.15. The zero-order valence-electron chi connectivity index (χ0n) is 14.3. The van der Waals surface area contributed by atoms with Gasteiger partial charge in [-0.1, -0.05) is 6.92 Å². The minimum absolute atomic E-state index is 0.0204. The summed E-state index contributed by atoms with van der Waals surface area (Å²) in [6, 6.07) is 0.194. The van der Waals surface area contributed by atoms with Gasteiger partial charge >= 0.3 is 5.97 Å². The van der Waals surface area contributed by atoms with E-state index in [1.165, 1.54) is 13.3 Å². The maximum atomic E-state index is 12.7. The number of carbonyl (C=O) groups is 2. The molecule has 1 aliphatic rings. The largest absolute Gasteiger partial charge is 0.478 e. The predicted molar refractivity (Wildman–Crippen MR) is 89.6 cm³/mol. The van der Waals surface area contributed by atoms with Crippen LogP contribution in [0.1, 0.15) is 48.7 Å². The molecule has 2 aromatic heterocycles. The Balaban J connectivity index is 1.95. The zero-order chi connectivity index (χ0) is 18.1. The van der Waals surface area contributed by atoms with Gasteiger partial charge in [-0.15, -0.1) is 0 Å². The third-order valence-corrected chi connectivity index (χ3v) is 4.79. The van der Waals surface area contributed by atoms with Crippen molar-refractivity contribution >= 4 is 23.0 Å². The van der Waals surface area contributed by atoms with Crippen molar-refractivity contribution in [2.45, 2.75) is 52.1 Å². The second kappa shape index (κ2) is 6.70. The number of carbonyl (C=O) groups excluding carboxylic acids is 1. The molecule has 1 saturated heterocycles. The molecule has 0 aromatic carbocycles. The number of furan rings is 1. The first-order valence-corrected chi connectivity index (χ1v) is 8.45. The molecule has 0 unspecified atom stereocenters.